The maximum absolute atomic E-state index is 12.7. The van der Waals surface area contributed by atoms with Gasteiger partial charge >= 0.3 is 18.1 Å². The molecule has 11 heteroatoms. The van der Waals surface area contributed by atoms with Crippen molar-refractivity contribution < 1.29 is 27.3 Å². The highest BCUT2D eigenvalue weighted by Gasteiger charge is 2.49. The Labute approximate surface area is 156 Å². The van der Waals surface area contributed by atoms with Crippen LogP contribution in [-0.4, -0.2) is 46.3 Å². The van der Waals surface area contributed by atoms with E-state index in [0.717, 1.165) is 24.4 Å². The number of halogens is 3. The molecular formula is C16H17F3N4O3S. The van der Waals surface area contributed by atoms with Crippen LogP contribution in [0.4, 0.5) is 18.0 Å². The summed E-state index contributed by atoms with van der Waals surface area (Å²) in [6.45, 7) is 1.66. The lowest BCUT2D eigenvalue weighted by Crippen LogP contribution is -2.41. The van der Waals surface area contributed by atoms with Gasteiger partial charge in [0.05, 0.1) is 18.5 Å². The van der Waals surface area contributed by atoms with Crippen molar-refractivity contribution in [3.8, 4) is 10.7 Å². The second-order valence-electron chi connectivity index (χ2n) is 6.86. The van der Waals surface area contributed by atoms with Crippen molar-refractivity contribution in [1.82, 2.24) is 20.1 Å². The summed E-state index contributed by atoms with van der Waals surface area (Å²) in [4.78, 5) is 24.2. The summed E-state index contributed by atoms with van der Waals surface area (Å²) in [7, 11) is 1.42. The summed E-state index contributed by atoms with van der Waals surface area (Å²) in [5.41, 5.74) is 0.319. The predicted molar refractivity (Wildman–Crippen MR) is 88.4 cm³/mol. The number of rotatable bonds is 4. The van der Waals surface area contributed by atoms with Crippen LogP contribution in [0.3, 0.4) is 0 Å². The van der Waals surface area contributed by atoms with Crippen LogP contribution in [0.5, 0.6) is 0 Å². The second kappa shape index (κ2) is 6.48. The molecule has 146 valence electrons. The molecule has 2 aromatic rings. The van der Waals surface area contributed by atoms with E-state index in [0.29, 0.717) is 10.3 Å². The van der Waals surface area contributed by atoms with Crippen LogP contribution in [0.2, 0.25) is 0 Å². The first kappa shape index (κ1) is 18.2. The van der Waals surface area contributed by atoms with Crippen molar-refractivity contribution in [1.29, 1.82) is 0 Å². The number of amides is 2. The Morgan fingerprint density at radius 2 is 2.19 bits per heavy atom. The van der Waals surface area contributed by atoms with Gasteiger partial charge < -0.3 is 9.42 Å². The molecule has 2 aromatic heterocycles. The van der Waals surface area contributed by atoms with Crippen LogP contribution < -0.4 is 0 Å². The van der Waals surface area contributed by atoms with E-state index in [1.54, 1.807) is 17.0 Å². The average molecular weight is 402 g/mol. The van der Waals surface area contributed by atoms with Crippen molar-refractivity contribution in [2.45, 2.75) is 32.0 Å². The summed E-state index contributed by atoms with van der Waals surface area (Å²) < 4.78 is 42.0. The van der Waals surface area contributed by atoms with Gasteiger partial charge in [-0.2, -0.15) is 23.2 Å². The molecule has 1 aliphatic heterocycles. The first-order valence-electron chi connectivity index (χ1n) is 8.40. The summed E-state index contributed by atoms with van der Waals surface area (Å²) in [6.07, 6.45) is -1.32. The maximum Gasteiger partial charge on any atom is 0.471 e. The number of thiophene rings is 1. The zero-order valence-electron chi connectivity index (χ0n) is 14.5. The molecule has 4 rings (SSSR count). The Morgan fingerprint density at radius 1 is 1.41 bits per heavy atom. The number of carbonyl (C=O) groups excluding carboxylic acids is 1. The molecule has 0 aromatic carbocycles. The molecule has 0 unspecified atom stereocenters. The van der Waals surface area contributed by atoms with Gasteiger partial charge in [-0.05, 0) is 36.8 Å². The monoisotopic (exact) mass is 402 g/mol. The number of likely N-dealkylation sites (tertiary alicyclic amines) is 1. The molecule has 0 atom stereocenters. The van der Waals surface area contributed by atoms with E-state index in [1.807, 2.05) is 0 Å². The molecule has 1 spiro atoms. The average Bonchev–Trinajstić information content (AvgIpc) is 3.05. The van der Waals surface area contributed by atoms with Gasteiger partial charge in [-0.3, -0.25) is 4.84 Å². The van der Waals surface area contributed by atoms with Crippen molar-refractivity contribution >= 4 is 17.4 Å². The summed E-state index contributed by atoms with van der Waals surface area (Å²) in [5.74, 6) is -1.52. The first-order valence-corrected chi connectivity index (χ1v) is 9.22. The lowest BCUT2D eigenvalue weighted by molar-refractivity contribution is -0.159. The fourth-order valence-electron chi connectivity index (χ4n) is 3.21. The molecule has 0 bridgehead atoms. The lowest BCUT2D eigenvalue weighted by Gasteiger charge is -2.25. The Hall–Kier alpha value is -2.14. The summed E-state index contributed by atoms with van der Waals surface area (Å²) in [5, 5.41) is 4.63. The molecule has 2 amide bonds. The van der Waals surface area contributed by atoms with Gasteiger partial charge in [0.1, 0.15) is 0 Å². The fraction of sp³-hybridized carbons (Fsp3) is 0.562. The smallest absolute Gasteiger partial charge is 0.329 e. The van der Waals surface area contributed by atoms with E-state index in [-0.39, 0.29) is 18.4 Å². The molecule has 1 saturated carbocycles. The molecule has 27 heavy (non-hydrogen) atoms. The molecular weight excluding hydrogens is 385 g/mol. The standard InChI is InChI=1S/C16H17F3N4O3S/c1-25-23(14(24)22-7-6-15(9-22)4-5-15)8-10-2-3-11(27-10)12-20-13(26-21-12)16(17,18)19/h2-3H,4-9H2,1H3. The third-order valence-electron chi connectivity index (χ3n) is 4.95. The van der Waals surface area contributed by atoms with Crippen LogP contribution >= 0.6 is 11.3 Å². The molecule has 3 heterocycles. The number of alkyl halides is 3. The zero-order valence-corrected chi connectivity index (χ0v) is 15.3. The molecule has 2 aliphatic rings. The molecule has 1 aliphatic carbocycles. The fourth-order valence-corrected chi connectivity index (χ4v) is 4.13. The SMILES string of the molecule is CON(Cc1ccc(-c2noc(C(F)(F)F)n2)s1)C(=O)N1CCC2(CC2)C1. The van der Waals surface area contributed by atoms with Gasteiger partial charge in [0.15, 0.2) is 0 Å². The van der Waals surface area contributed by atoms with E-state index < -0.39 is 12.1 Å². The number of hydrogen-bond donors (Lipinski definition) is 0. The Morgan fingerprint density at radius 3 is 2.78 bits per heavy atom. The minimum atomic E-state index is -4.68. The summed E-state index contributed by atoms with van der Waals surface area (Å²) >= 11 is 1.18. The van der Waals surface area contributed by atoms with Crippen LogP contribution in [0.25, 0.3) is 10.7 Å². The van der Waals surface area contributed by atoms with Crippen molar-refractivity contribution in [3.05, 3.63) is 22.9 Å². The van der Waals surface area contributed by atoms with E-state index in [9.17, 15) is 18.0 Å². The number of aromatic nitrogens is 2. The number of carbonyl (C=O) groups is 1. The van der Waals surface area contributed by atoms with Crippen LogP contribution in [0.1, 0.15) is 30.0 Å². The maximum atomic E-state index is 12.7. The Bertz CT molecular complexity index is 846. The van der Waals surface area contributed by atoms with Crippen molar-refractivity contribution in [3.63, 3.8) is 0 Å². The van der Waals surface area contributed by atoms with Gasteiger partial charge in [0, 0.05) is 18.0 Å². The van der Waals surface area contributed by atoms with Gasteiger partial charge in [-0.25, -0.2) is 4.79 Å². The first-order chi connectivity index (χ1) is 12.8. The zero-order chi connectivity index (χ0) is 19.2. The highest BCUT2D eigenvalue weighted by molar-refractivity contribution is 7.15. The van der Waals surface area contributed by atoms with E-state index in [2.05, 4.69) is 14.7 Å². The van der Waals surface area contributed by atoms with Crippen molar-refractivity contribution in [2.75, 3.05) is 20.2 Å². The topological polar surface area (TPSA) is 71.7 Å². The second-order valence-corrected chi connectivity index (χ2v) is 8.03. The van der Waals surface area contributed by atoms with Gasteiger partial charge in [-0.1, -0.05) is 5.16 Å². The largest absolute Gasteiger partial charge is 0.471 e. The van der Waals surface area contributed by atoms with E-state index >= 15 is 0 Å². The number of nitrogens with zero attached hydrogens (tertiary/aromatic N) is 4. The minimum absolute atomic E-state index is 0.135. The number of urea groups is 1. The Balaban J connectivity index is 1.43. The quantitative estimate of drug-likeness (QED) is 0.728. The van der Waals surface area contributed by atoms with Crippen LogP contribution in [0.15, 0.2) is 16.7 Å². The van der Waals surface area contributed by atoms with E-state index in [4.69, 9.17) is 4.84 Å². The van der Waals surface area contributed by atoms with Crippen molar-refractivity contribution in [2.24, 2.45) is 5.41 Å². The number of hydroxylamine groups is 2. The number of hydrogen-bond acceptors (Lipinski definition) is 6. The van der Waals surface area contributed by atoms with Gasteiger partial charge in [0.2, 0.25) is 5.82 Å². The van der Waals surface area contributed by atoms with Gasteiger partial charge in [0.25, 0.3) is 0 Å². The lowest BCUT2D eigenvalue weighted by atomic mass is 10.1. The minimum Gasteiger partial charge on any atom is -0.329 e. The summed E-state index contributed by atoms with van der Waals surface area (Å²) in [6, 6.07) is 3.10. The van der Waals surface area contributed by atoms with Crippen LogP contribution in [-0.2, 0) is 17.6 Å². The highest BCUT2D eigenvalue weighted by Crippen LogP contribution is 2.52. The predicted octanol–water partition coefficient (Wildman–Crippen LogP) is 3.79. The molecule has 1 saturated heterocycles. The highest BCUT2D eigenvalue weighted by atomic mass is 32.1. The van der Waals surface area contributed by atoms with Gasteiger partial charge in [-0.15, -0.1) is 11.3 Å². The van der Waals surface area contributed by atoms with E-state index in [1.165, 1.54) is 36.4 Å². The third kappa shape index (κ3) is 3.65. The van der Waals surface area contributed by atoms with Crippen LogP contribution in [0, 0.1) is 5.41 Å². The third-order valence-corrected chi connectivity index (χ3v) is 6.02. The Kier molecular flexibility index (Phi) is 4.38. The molecule has 2 fully saturated rings. The normalized spacial score (nSPS) is 18.3. The molecule has 0 radical (unpaired) electrons. The molecule has 0 N–H and O–H groups in total. The molecule has 7 nitrogen and oxygen atoms in total.